The quantitative estimate of drug-likeness (QED) is 0.510. The van der Waals surface area contributed by atoms with Gasteiger partial charge in [0.25, 0.3) is 0 Å². The van der Waals surface area contributed by atoms with E-state index in [1.807, 2.05) is 25.1 Å². The monoisotopic (exact) mass is 429 g/mol. The van der Waals surface area contributed by atoms with Crippen molar-refractivity contribution in [1.29, 1.82) is 5.26 Å². The predicted octanol–water partition coefficient (Wildman–Crippen LogP) is 2.89. The minimum atomic E-state index is -0.690. The van der Waals surface area contributed by atoms with Crippen LogP contribution in [-0.2, 0) is 9.59 Å². The maximum Gasteiger partial charge on any atom is 0.249 e. The summed E-state index contributed by atoms with van der Waals surface area (Å²) in [5.74, 6) is -0.364. The topological polar surface area (TPSA) is 147 Å². The van der Waals surface area contributed by atoms with Gasteiger partial charge in [-0.2, -0.15) is 5.26 Å². The fourth-order valence-electron chi connectivity index (χ4n) is 3.05. The number of nitrogens with zero attached hydrogens (tertiary/aromatic N) is 4. The number of hydrogen-bond donors (Lipinski definition) is 3. The smallest absolute Gasteiger partial charge is 0.249 e. The van der Waals surface area contributed by atoms with E-state index >= 15 is 0 Å². The number of nitriles is 1. The molecule has 0 spiro atoms. The Hall–Kier alpha value is -4.32. The fraction of sp³-hybridized carbons (Fsp3) is 0.217. The molecule has 2 amide bonds. The first-order chi connectivity index (χ1) is 15.2. The Morgan fingerprint density at radius 1 is 1.22 bits per heavy atom. The molecule has 9 nitrogen and oxygen atoms in total. The molecule has 3 heterocycles. The molecule has 0 aromatic carbocycles. The molecule has 3 rings (SSSR count). The van der Waals surface area contributed by atoms with Gasteiger partial charge in [0.2, 0.25) is 11.8 Å². The van der Waals surface area contributed by atoms with Crippen molar-refractivity contribution in [3.63, 3.8) is 0 Å². The number of nitrogens with one attached hydrogen (secondary N) is 2. The first kappa shape index (κ1) is 22.4. The lowest BCUT2D eigenvalue weighted by Crippen LogP contribution is -2.42. The van der Waals surface area contributed by atoms with E-state index in [1.54, 1.807) is 32.3 Å². The summed E-state index contributed by atoms with van der Waals surface area (Å²) in [7, 11) is 0. The number of carbonyl (C=O) groups is 2. The lowest BCUT2D eigenvalue weighted by Gasteiger charge is -2.21. The van der Waals surface area contributed by atoms with Crippen LogP contribution in [0.1, 0.15) is 25.8 Å². The molecular formula is C23H23N7O2. The van der Waals surface area contributed by atoms with Crippen molar-refractivity contribution in [3.8, 4) is 17.3 Å². The number of anilines is 2. The van der Waals surface area contributed by atoms with Crippen LogP contribution in [0.25, 0.3) is 22.0 Å². The van der Waals surface area contributed by atoms with Crippen molar-refractivity contribution in [1.82, 2.24) is 20.3 Å². The third-order valence-corrected chi connectivity index (χ3v) is 4.68. The van der Waals surface area contributed by atoms with Crippen molar-refractivity contribution >= 4 is 34.2 Å². The molecule has 0 bridgehead atoms. The Kier molecular flexibility index (Phi) is 6.45. The van der Waals surface area contributed by atoms with E-state index in [0.29, 0.717) is 22.7 Å². The van der Waals surface area contributed by atoms with Gasteiger partial charge in [0, 0.05) is 47.2 Å². The van der Waals surface area contributed by atoms with Crippen LogP contribution in [0.5, 0.6) is 0 Å². The molecule has 0 unspecified atom stereocenters. The highest BCUT2D eigenvalue weighted by atomic mass is 16.2. The van der Waals surface area contributed by atoms with E-state index in [1.165, 1.54) is 6.20 Å². The third-order valence-electron chi connectivity index (χ3n) is 4.68. The number of amides is 2. The molecular weight excluding hydrogens is 406 g/mol. The fourth-order valence-corrected chi connectivity index (χ4v) is 3.05. The number of rotatable bonds is 6. The summed E-state index contributed by atoms with van der Waals surface area (Å²) in [6.45, 7) is 5.41. The summed E-state index contributed by atoms with van der Waals surface area (Å²) in [4.78, 5) is 37.0. The van der Waals surface area contributed by atoms with Crippen LogP contribution >= 0.6 is 0 Å². The van der Waals surface area contributed by atoms with Gasteiger partial charge in [0.05, 0.1) is 18.2 Å². The van der Waals surface area contributed by atoms with Gasteiger partial charge < -0.3 is 16.4 Å². The highest BCUT2D eigenvalue weighted by Gasteiger charge is 2.18. The lowest BCUT2D eigenvalue weighted by atomic mass is 10.0. The van der Waals surface area contributed by atoms with E-state index in [2.05, 4.69) is 25.6 Å². The molecule has 0 saturated carbocycles. The maximum absolute atomic E-state index is 12.2. The van der Waals surface area contributed by atoms with Crippen molar-refractivity contribution < 1.29 is 9.59 Å². The predicted molar refractivity (Wildman–Crippen MR) is 122 cm³/mol. The number of hydrogen-bond acceptors (Lipinski definition) is 7. The number of aromatic nitrogens is 3. The number of fused-ring (bicyclic) bond motifs is 1. The normalized spacial score (nSPS) is 11.3. The second kappa shape index (κ2) is 9.22. The van der Waals surface area contributed by atoms with Gasteiger partial charge in [0.1, 0.15) is 11.6 Å². The van der Waals surface area contributed by atoms with Crippen LogP contribution in [0, 0.1) is 18.3 Å². The van der Waals surface area contributed by atoms with Gasteiger partial charge in [-0.05, 0) is 49.9 Å². The average molecular weight is 429 g/mol. The number of nitrogens with two attached hydrogens (primary N) is 1. The van der Waals surface area contributed by atoms with Gasteiger partial charge >= 0.3 is 0 Å². The maximum atomic E-state index is 12.2. The summed E-state index contributed by atoms with van der Waals surface area (Å²) in [6, 6.07) is 7.43. The van der Waals surface area contributed by atoms with E-state index < -0.39 is 17.4 Å². The standard InChI is InChI=1S/C23H23N7O2/c1-14-6-9-26-12-16(14)18-10-15-11-19(27-13-17(15)22(25)28-18)29-20(31)4-5-21(32)30-23(2,3)7-8-24/h4-6,9-13H,7H2,1-3H3,(H2,25,28)(H,30,32)(H,27,29,31)/b5-4+. The number of aryl methyl sites for hydroxylation is 1. The molecule has 0 atom stereocenters. The molecule has 0 aliphatic heterocycles. The zero-order valence-electron chi connectivity index (χ0n) is 18.0. The van der Waals surface area contributed by atoms with E-state index in [9.17, 15) is 9.59 Å². The van der Waals surface area contributed by atoms with Crippen LogP contribution in [-0.4, -0.2) is 32.3 Å². The molecule has 0 radical (unpaired) electrons. The minimum absolute atomic E-state index is 0.151. The van der Waals surface area contributed by atoms with E-state index in [4.69, 9.17) is 11.0 Å². The zero-order chi connectivity index (χ0) is 23.3. The molecule has 3 aromatic heterocycles. The Morgan fingerprint density at radius 3 is 2.69 bits per heavy atom. The summed E-state index contributed by atoms with van der Waals surface area (Å²) in [5.41, 5.74) is 7.96. The highest BCUT2D eigenvalue weighted by Crippen LogP contribution is 2.28. The number of nitrogen functional groups attached to an aromatic ring is 1. The van der Waals surface area contributed by atoms with Crippen molar-refractivity contribution in [2.45, 2.75) is 32.7 Å². The van der Waals surface area contributed by atoms with Crippen LogP contribution in [0.3, 0.4) is 0 Å². The summed E-state index contributed by atoms with van der Waals surface area (Å²) in [6.07, 6.45) is 7.33. The summed E-state index contributed by atoms with van der Waals surface area (Å²) >= 11 is 0. The Morgan fingerprint density at radius 2 is 1.97 bits per heavy atom. The van der Waals surface area contributed by atoms with Crippen LogP contribution in [0.15, 0.2) is 48.9 Å². The molecule has 162 valence electrons. The van der Waals surface area contributed by atoms with Crippen molar-refractivity contribution in [2.75, 3.05) is 11.1 Å². The largest absolute Gasteiger partial charge is 0.383 e. The average Bonchev–Trinajstić information content (AvgIpc) is 2.72. The first-order valence-corrected chi connectivity index (χ1v) is 9.84. The van der Waals surface area contributed by atoms with Gasteiger partial charge in [0.15, 0.2) is 0 Å². The van der Waals surface area contributed by atoms with Gasteiger partial charge in [-0.25, -0.2) is 9.97 Å². The molecule has 9 heteroatoms. The number of pyridine rings is 3. The van der Waals surface area contributed by atoms with E-state index in [-0.39, 0.29) is 6.42 Å². The second-order valence-corrected chi connectivity index (χ2v) is 7.90. The van der Waals surface area contributed by atoms with Crippen LogP contribution < -0.4 is 16.4 Å². The highest BCUT2D eigenvalue weighted by molar-refractivity contribution is 6.04. The number of carbonyl (C=O) groups excluding carboxylic acids is 2. The van der Waals surface area contributed by atoms with Crippen LogP contribution in [0.4, 0.5) is 11.6 Å². The Labute approximate surface area is 185 Å². The molecule has 0 fully saturated rings. The van der Waals surface area contributed by atoms with Crippen molar-refractivity contribution in [2.24, 2.45) is 0 Å². The Bertz CT molecular complexity index is 1260. The Balaban J connectivity index is 1.78. The molecule has 0 saturated heterocycles. The SMILES string of the molecule is Cc1ccncc1-c1cc2cc(NC(=O)/C=C/C(=O)NC(C)(C)CC#N)ncc2c(N)n1. The van der Waals surface area contributed by atoms with Gasteiger partial charge in [-0.3, -0.25) is 14.6 Å². The molecule has 0 aliphatic carbocycles. The minimum Gasteiger partial charge on any atom is -0.383 e. The first-order valence-electron chi connectivity index (χ1n) is 9.84. The van der Waals surface area contributed by atoms with Gasteiger partial charge in [-0.15, -0.1) is 0 Å². The molecule has 4 N–H and O–H groups in total. The van der Waals surface area contributed by atoms with Gasteiger partial charge in [-0.1, -0.05) is 0 Å². The third kappa shape index (κ3) is 5.43. The molecule has 0 aliphatic rings. The van der Waals surface area contributed by atoms with Crippen molar-refractivity contribution in [3.05, 3.63) is 54.5 Å². The molecule has 32 heavy (non-hydrogen) atoms. The zero-order valence-corrected chi connectivity index (χ0v) is 18.0. The van der Waals surface area contributed by atoms with Crippen LogP contribution in [0.2, 0.25) is 0 Å². The summed E-state index contributed by atoms with van der Waals surface area (Å²) in [5, 5.41) is 15.5. The van der Waals surface area contributed by atoms with E-state index in [0.717, 1.165) is 28.7 Å². The molecule has 3 aromatic rings. The second-order valence-electron chi connectivity index (χ2n) is 7.90. The lowest BCUT2D eigenvalue weighted by molar-refractivity contribution is -0.118. The summed E-state index contributed by atoms with van der Waals surface area (Å²) < 4.78 is 0.